The van der Waals surface area contributed by atoms with Crippen molar-refractivity contribution in [3.05, 3.63) is 53.6 Å². The normalized spacial score (nSPS) is 11.2. The summed E-state index contributed by atoms with van der Waals surface area (Å²) in [7, 11) is 0. The Morgan fingerprint density at radius 2 is 1.62 bits per heavy atom. The Labute approximate surface area is 185 Å². The van der Waals surface area contributed by atoms with Gasteiger partial charge in [0.1, 0.15) is 6.04 Å². The average molecular weight is 441 g/mol. The predicted molar refractivity (Wildman–Crippen MR) is 121 cm³/mol. The maximum Gasteiger partial charge on any atom is 0.252 e. The van der Waals surface area contributed by atoms with Gasteiger partial charge in [-0.2, -0.15) is 0 Å². The molecule has 2 rings (SSSR count). The van der Waals surface area contributed by atoms with Gasteiger partial charge in [-0.05, 0) is 41.8 Å². The van der Waals surface area contributed by atoms with Crippen molar-refractivity contribution in [2.75, 3.05) is 22.6 Å². The molecule has 0 bridgehead atoms. The number of hydrogen-bond donors (Lipinski definition) is 6. The summed E-state index contributed by atoms with van der Waals surface area (Å²) < 4.78 is 0. The number of benzene rings is 2. The van der Waals surface area contributed by atoms with E-state index in [1.54, 1.807) is 24.3 Å². The molecule has 1 unspecified atom stereocenters. The van der Waals surface area contributed by atoms with Gasteiger partial charge >= 0.3 is 0 Å². The smallest absolute Gasteiger partial charge is 0.252 e. The Morgan fingerprint density at radius 1 is 0.969 bits per heavy atom. The number of anilines is 3. The highest BCUT2D eigenvalue weighted by atomic mass is 16.3. The summed E-state index contributed by atoms with van der Waals surface area (Å²) in [5.74, 6) is -1.05. The summed E-state index contributed by atoms with van der Waals surface area (Å²) in [4.78, 5) is 46.8. The molecule has 4 amide bonds. The summed E-state index contributed by atoms with van der Waals surface area (Å²) in [6, 6.07) is 10.7. The van der Waals surface area contributed by atoms with Gasteiger partial charge in [0.05, 0.1) is 24.7 Å². The maximum absolute atomic E-state index is 12.7. The molecule has 1 atom stereocenters. The highest BCUT2D eigenvalue weighted by Gasteiger charge is 2.24. The van der Waals surface area contributed by atoms with E-state index in [4.69, 9.17) is 5.11 Å². The summed E-state index contributed by atoms with van der Waals surface area (Å²) in [5.41, 5.74) is 2.35. The standard InChI is InChI=1S/C22H27N5O5/c1-14(2)20(22(32)24-11-23-17-6-3-15(10-28)4-7-17)27-21(31)16-5-8-18(25-12-29)19(9-16)26-13-30/h3-9,12-14,20,23,28H,10-11H2,1-2H3,(H,24,32)(H,25,29)(H,26,30)(H,27,31). The molecule has 0 saturated carbocycles. The molecule has 0 radical (unpaired) electrons. The summed E-state index contributed by atoms with van der Waals surface area (Å²) in [6.07, 6.45) is 0.890. The van der Waals surface area contributed by atoms with Gasteiger partial charge in [-0.1, -0.05) is 26.0 Å². The molecule has 0 aliphatic heterocycles. The van der Waals surface area contributed by atoms with Crippen LogP contribution in [0.2, 0.25) is 0 Å². The lowest BCUT2D eigenvalue weighted by atomic mass is 10.0. The first-order valence-corrected chi connectivity index (χ1v) is 9.96. The number of amides is 4. The molecule has 10 heteroatoms. The Morgan fingerprint density at radius 3 is 2.22 bits per heavy atom. The highest BCUT2D eigenvalue weighted by Crippen LogP contribution is 2.22. The molecule has 0 aliphatic carbocycles. The molecule has 10 nitrogen and oxygen atoms in total. The van der Waals surface area contributed by atoms with E-state index in [9.17, 15) is 19.2 Å². The van der Waals surface area contributed by atoms with Crippen LogP contribution in [0.5, 0.6) is 0 Å². The molecule has 0 saturated heterocycles. The van der Waals surface area contributed by atoms with Gasteiger partial charge < -0.3 is 31.7 Å². The van der Waals surface area contributed by atoms with E-state index in [0.29, 0.717) is 18.5 Å². The maximum atomic E-state index is 12.7. The third kappa shape index (κ3) is 6.81. The minimum absolute atomic E-state index is 0.0458. The third-order valence-electron chi connectivity index (χ3n) is 4.64. The van der Waals surface area contributed by atoms with Crippen molar-refractivity contribution < 1.29 is 24.3 Å². The van der Waals surface area contributed by atoms with Crippen LogP contribution in [-0.2, 0) is 21.0 Å². The molecule has 2 aromatic rings. The molecule has 32 heavy (non-hydrogen) atoms. The minimum atomic E-state index is -0.795. The lowest BCUT2D eigenvalue weighted by Crippen LogP contribution is -2.50. The highest BCUT2D eigenvalue weighted by molar-refractivity contribution is 6.00. The molecule has 0 heterocycles. The Bertz CT molecular complexity index is 946. The van der Waals surface area contributed by atoms with Crippen molar-refractivity contribution in [3.8, 4) is 0 Å². The van der Waals surface area contributed by atoms with Crippen LogP contribution in [0, 0.1) is 5.92 Å². The lowest BCUT2D eigenvalue weighted by molar-refractivity contribution is -0.123. The van der Waals surface area contributed by atoms with E-state index in [1.165, 1.54) is 18.2 Å². The zero-order valence-corrected chi connectivity index (χ0v) is 17.8. The molecule has 0 fully saturated rings. The van der Waals surface area contributed by atoms with Gasteiger partial charge in [0.15, 0.2) is 0 Å². The first kappa shape index (κ1) is 24.4. The second-order valence-electron chi connectivity index (χ2n) is 7.23. The second-order valence-corrected chi connectivity index (χ2v) is 7.23. The van der Waals surface area contributed by atoms with Crippen LogP contribution >= 0.6 is 0 Å². The largest absolute Gasteiger partial charge is 0.392 e. The molecular weight excluding hydrogens is 414 g/mol. The lowest BCUT2D eigenvalue weighted by Gasteiger charge is -2.22. The topological polar surface area (TPSA) is 149 Å². The van der Waals surface area contributed by atoms with Crippen LogP contribution in [0.3, 0.4) is 0 Å². The first-order valence-electron chi connectivity index (χ1n) is 9.96. The minimum Gasteiger partial charge on any atom is -0.392 e. The zero-order chi connectivity index (χ0) is 23.5. The molecule has 6 N–H and O–H groups in total. The van der Waals surface area contributed by atoms with Gasteiger partial charge in [-0.3, -0.25) is 19.2 Å². The van der Waals surface area contributed by atoms with Gasteiger partial charge in [0, 0.05) is 11.3 Å². The molecule has 0 aliphatic rings. The number of aliphatic hydroxyl groups is 1. The van der Waals surface area contributed by atoms with Gasteiger partial charge in [-0.15, -0.1) is 0 Å². The SMILES string of the molecule is CC(C)C(NC(=O)c1ccc(NC=O)c(NC=O)c1)C(=O)NCNc1ccc(CO)cc1. The number of carbonyl (C=O) groups is 4. The van der Waals surface area contributed by atoms with Crippen LogP contribution in [0.1, 0.15) is 29.8 Å². The van der Waals surface area contributed by atoms with Crippen molar-refractivity contribution in [1.82, 2.24) is 10.6 Å². The fourth-order valence-corrected chi connectivity index (χ4v) is 2.89. The van der Waals surface area contributed by atoms with Crippen LogP contribution in [0.4, 0.5) is 17.1 Å². The van der Waals surface area contributed by atoms with Gasteiger partial charge in [-0.25, -0.2) is 0 Å². The van der Waals surface area contributed by atoms with Crippen molar-refractivity contribution in [2.45, 2.75) is 26.5 Å². The zero-order valence-electron chi connectivity index (χ0n) is 17.8. The summed E-state index contributed by atoms with van der Waals surface area (Å²) >= 11 is 0. The number of carbonyl (C=O) groups excluding carboxylic acids is 4. The molecule has 2 aromatic carbocycles. The number of hydrogen-bond acceptors (Lipinski definition) is 6. The van der Waals surface area contributed by atoms with Crippen molar-refractivity contribution in [2.24, 2.45) is 5.92 Å². The van der Waals surface area contributed by atoms with Crippen LogP contribution in [0.15, 0.2) is 42.5 Å². The van der Waals surface area contributed by atoms with Crippen LogP contribution < -0.4 is 26.6 Å². The van der Waals surface area contributed by atoms with Gasteiger partial charge in [0.25, 0.3) is 5.91 Å². The third-order valence-corrected chi connectivity index (χ3v) is 4.64. The van der Waals surface area contributed by atoms with Crippen molar-refractivity contribution in [3.63, 3.8) is 0 Å². The van der Waals surface area contributed by atoms with Crippen molar-refractivity contribution in [1.29, 1.82) is 0 Å². The van der Waals surface area contributed by atoms with E-state index in [2.05, 4.69) is 26.6 Å². The molecule has 170 valence electrons. The van der Waals surface area contributed by atoms with E-state index in [-0.39, 0.29) is 36.4 Å². The molecule has 0 spiro atoms. The molecule has 0 aromatic heterocycles. The predicted octanol–water partition coefficient (Wildman–Crippen LogP) is 1.26. The Kier molecular flexibility index (Phi) is 9.18. The number of nitrogens with one attached hydrogen (secondary N) is 5. The van der Waals surface area contributed by atoms with Crippen LogP contribution in [-0.4, -0.2) is 42.5 Å². The number of rotatable bonds is 12. The molecular formula is C22H27N5O5. The summed E-state index contributed by atoms with van der Waals surface area (Å²) in [5, 5.41) is 22.4. The first-order chi connectivity index (χ1) is 15.4. The van der Waals surface area contributed by atoms with E-state index in [1.807, 2.05) is 13.8 Å². The second kappa shape index (κ2) is 12.1. The van der Waals surface area contributed by atoms with Crippen molar-refractivity contribution >= 4 is 41.7 Å². The van der Waals surface area contributed by atoms with E-state index in [0.717, 1.165) is 11.3 Å². The fraction of sp³-hybridized carbons (Fsp3) is 0.273. The number of aliphatic hydroxyl groups excluding tert-OH is 1. The average Bonchev–Trinajstić information content (AvgIpc) is 2.78. The summed E-state index contributed by atoms with van der Waals surface area (Å²) in [6.45, 7) is 3.72. The van der Waals surface area contributed by atoms with Gasteiger partial charge in [0.2, 0.25) is 18.7 Å². The van der Waals surface area contributed by atoms with E-state index < -0.39 is 11.9 Å². The van der Waals surface area contributed by atoms with E-state index >= 15 is 0 Å². The van der Waals surface area contributed by atoms with Crippen LogP contribution in [0.25, 0.3) is 0 Å². The Balaban J connectivity index is 2.01. The monoisotopic (exact) mass is 441 g/mol. The Hall–Kier alpha value is -3.92. The fourth-order valence-electron chi connectivity index (χ4n) is 2.89. The quantitative estimate of drug-likeness (QED) is 0.216.